The zero-order valence-electron chi connectivity index (χ0n) is 50.1. The number of esters is 3. The van der Waals surface area contributed by atoms with Crippen LogP contribution in [-0.4, -0.2) is 37.2 Å². The molecule has 0 fully saturated rings. The third-order valence-corrected chi connectivity index (χ3v) is 14.5. The number of rotatable bonds is 60. The Morgan fingerprint density at radius 3 is 0.840 bits per heavy atom. The zero-order chi connectivity index (χ0) is 54.3. The molecule has 0 saturated heterocycles. The molecule has 1 unspecified atom stereocenters. The summed E-state index contributed by atoms with van der Waals surface area (Å²) in [5.41, 5.74) is 0. The number of carbonyl (C=O) groups excluding carboxylic acids is 3. The highest BCUT2D eigenvalue weighted by atomic mass is 16.6. The lowest BCUT2D eigenvalue weighted by Gasteiger charge is -2.18. The van der Waals surface area contributed by atoms with Gasteiger partial charge in [0.15, 0.2) is 6.10 Å². The van der Waals surface area contributed by atoms with Crippen LogP contribution in [0.4, 0.5) is 0 Å². The fourth-order valence-electron chi connectivity index (χ4n) is 9.61. The zero-order valence-corrected chi connectivity index (χ0v) is 50.1. The average molecular weight is 1050 g/mol. The van der Waals surface area contributed by atoms with Crippen molar-refractivity contribution in [3.05, 3.63) is 60.8 Å². The van der Waals surface area contributed by atoms with Gasteiger partial charge in [0.25, 0.3) is 0 Å². The highest BCUT2D eigenvalue weighted by molar-refractivity contribution is 5.71. The van der Waals surface area contributed by atoms with Gasteiger partial charge >= 0.3 is 17.9 Å². The first-order valence-corrected chi connectivity index (χ1v) is 32.8. The SMILES string of the molecule is CC/C=C\C/C=C\C/C=C\CCCCCCCC(=O)OCC(COC(=O)CCCCCCCCCCCCCCCCCCCCCCCCCCC)OC(=O)CCCCCCCCC/C=C\C/C=C\CCCCC. The Morgan fingerprint density at radius 2 is 0.520 bits per heavy atom. The Labute approximate surface area is 466 Å². The lowest BCUT2D eigenvalue weighted by atomic mass is 10.0. The molecule has 6 nitrogen and oxygen atoms in total. The van der Waals surface area contributed by atoms with E-state index in [0.29, 0.717) is 19.3 Å². The van der Waals surface area contributed by atoms with E-state index in [9.17, 15) is 14.4 Å². The fourth-order valence-corrected chi connectivity index (χ4v) is 9.61. The molecule has 436 valence electrons. The molecule has 0 aromatic rings. The molecule has 0 rings (SSSR count). The summed E-state index contributed by atoms with van der Waals surface area (Å²) in [5.74, 6) is -0.887. The van der Waals surface area contributed by atoms with Crippen LogP contribution in [0.2, 0.25) is 0 Å². The van der Waals surface area contributed by atoms with Gasteiger partial charge in [0.2, 0.25) is 0 Å². The van der Waals surface area contributed by atoms with E-state index in [1.165, 1.54) is 193 Å². The first-order chi connectivity index (χ1) is 37.0. The molecule has 0 aromatic heterocycles. The van der Waals surface area contributed by atoms with Gasteiger partial charge < -0.3 is 14.2 Å². The summed E-state index contributed by atoms with van der Waals surface area (Å²) in [7, 11) is 0. The van der Waals surface area contributed by atoms with Crippen LogP contribution in [0, 0.1) is 0 Å². The quantitative estimate of drug-likeness (QED) is 0.0261. The normalized spacial score (nSPS) is 12.4. The molecule has 0 N–H and O–H groups in total. The van der Waals surface area contributed by atoms with Gasteiger partial charge in [-0.05, 0) is 83.5 Å². The van der Waals surface area contributed by atoms with Crippen LogP contribution >= 0.6 is 0 Å². The van der Waals surface area contributed by atoms with Crippen molar-refractivity contribution >= 4 is 17.9 Å². The van der Waals surface area contributed by atoms with Gasteiger partial charge in [-0.25, -0.2) is 0 Å². The standard InChI is InChI=1S/C69H124O6/c1-4-7-10-13-16-19-22-25-28-30-31-32-33-34-35-36-37-39-41-44-47-50-53-56-59-62-68(71)74-65-66(64-73-67(70)61-58-55-52-49-46-43-40-27-24-21-18-15-12-9-6-3)75-69(72)63-60-57-54-51-48-45-42-38-29-26-23-20-17-14-11-8-5-2/h9,12,17-18,20-21,26-27,29,40,66H,4-8,10-11,13-16,19,22-25,28,30-39,41-65H2,1-3H3/b12-9-,20-17-,21-18-,29-26-,40-27-. The molecule has 6 heteroatoms. The van der Waals surface area contributed by atoms with Gasteiger partial charge in [0, 0.05) is 19.3 Å². The van der Waals surface area contributed by atoms with Crippen molar-refractivity contribution in [3.8, 4) is 0 Å². The molecule has 0 aromatic carbocycles. The molecule has 0 amide bonds. The van der Waals surface area contributed by atoms with E-state index < -0.39 is 6.10 Å². The molecule has 0 spiro atoms. The maximum Gasteiger partial charge on any atom is 0.306 e. The highest BCUT2D eigenvalue weighted by Crippen LogP contribution is 2.18. The number of ether oxygens (including phenoxy) is 3. The van der Waals surface area contributed by atoms with Crippen molar-refractivity contribution in [2.75, 3.05) is 13.2 Å². The van der Waals surface area contributed by atoms with Gasteiger partial charge in [-0.15, -0.1) is 0 Å². The van der Waals surface area contributed by atoms with E-state index in [1.54, 1.807) is 0 Å². The molecule has 1 atom stereocenters. The maximum absolute atomic E-state index is 12.9. The van der Waals surface area contributed by atoms with Crippen molar-refractivity contribution in [2.24, 2.45) is 0 Å². The second kappa shape index (κ2) is 63.6. The Balaban J connectivity index is 4.28. The van der Waals surface area contributed by atoms with Crippen molar-refractivity contribution in [3.63, 3.8) is 0 Å². The number of unbranched alkanes of at least 4 members (excludes halogenated alkanes) is 39. The van der Waals surface area contributed by atoms with Crippen LogP contribution in [0.3, 0.4) is 0 Å². The topological polar surface area (TPSA) is 78.9 Å². The minimum Gasteiger partial charge on any atom is -0.462 e. The molecule has 0 radical (unpaired) electrons. The third kappa shape index (κ3) is 61.8. The van der Waals surface area contributed by atoms with Crippen LogP contribution in [0.25, 0.3) is 0 Å². The summed E-state index contributed by atoms with van der Waals surface area (Å²) in [6.45, 7) is 6.53. The fraction of sp³-hybridized carbons (Fsp3) is 0.812. The molecule has 0 aliphatic rings. The highest BCUT2D eigenvalue weighted by Gasteiger charge is 2.19. The number of allylic oxidation sites excluding steroid dienone is 10. The first kappa shape index (κ1) is 72.1. The van der Waals surface area contributed by atoms with Gasteiger partial charge in [-0.3, -0.25) is 14.4 Å². The molecule has 0 bridgehead atoms. The van der Waals surface area contributed by atoms with Crippen LogP contribution in [-0.2, 0) is 28.6 Å². The summed E-state index contributed by atoms with van der Waals surface area (Å²) in [4.78, 5) is 38.3. The second-order valence-corrected chi connectivity index (χ2v) is 22.0. The summed E-state index contributed by atoms with van der Waals surface area (Å²) in [6.07, 6.45) is 80.9. The lowest BCUT2D eigenvalue weighted by molar-refractivity contribution is -0.167. The average Bonchev–Trinajstić information content (AvgIpc) is 3.41. The Morgan fingerprint density at radius 1 is 0.280 bits per heavy atom. The van der Waals surface area contributed by atoms with Crippen molar-refractivity contribution in [2.45, 2.75) is 348 Å². The molecular weight excluding hydrogens is 925 g/mol. The maximum atomic E-state index is 12.9. The Kier molecular flexibility index (Phi) is 61.2. The first-order valence-electron chi connectivity index (χ1n) is 32.8. The Bertz CT molecular complexity index is 1340. The van der Waals surface area contributed by atoms with Crippen LogP contribution in [0.15, 0.2) is 60.8 Å². The van der Waals surface area contributed by atoms with E-state index in [2.05, 4.69) is 81.5 Å². The minimum atomic E-state index is -0.785. The summed E-state index contributed by atoms with van der Waals surface area (Å²) in [6, 6.07) is 0. The van der Waals surface area contributed by atoms with Gasteiger partial charge in [-0.2, -0.15) is 0 Å². The Hall–Kier alpha value is -2.89. The van der Waals surface area contributed by atoms with Crippen LogP contribution in [0.1, 0.15) is 342 Å². The predicted molar refractivity (Wildman–Crippen MR) is 325 cm³/mol. The molecule has 0 saturated carbocycles. The third-order valence-electron chi connectivity index (χ3n) is 14.5. The largest absolute Gasteiger partial charge is 0.462 e. The van der Waals surface area contributed by atoms with E-state index in [0.717, 1.165) is 109 Å². The number of carbonyl (C=O) groups is 3. The summed E-state index contributed by atoms with van der Waals surface area (Å²) < 4.78 is 16.9. The van der Waals surface area contributed by atoms with E-state index in [4.69, 9.17) is 14.2 Å². The van der Waals surface area contributed by atoms with Crippen LogP contribution in [0.5, 0.6) is 0 Å². The van der Waals surface area contributed by atoms with E-state index in [1.807, 2.05) is 0 Å². The van der Waals surface area contributed by atoms with Gasteiger partial charge in [-0.1, -0.05) is 300 Å². The van der Waals surface area contributed by atoms with Crippen molar-refractivity contribution in [1.82, 2.24) is 0 Å². The monoisotopic (exact) mass is 1050 g/mol. The van der Waals surface area contributed by atoms with E-state index in [-0.39, 0.29) is 31.1 Å². The molecule has 0 aliphatic heterocycles. The van der Waals surface area contributed by atoms with Crippen molar-refractivity contribution in [1.29, 1.82) is 0 Å². The number of hydrogen-bond donors (Lipinski definition) is 0. The minimum absolute atomic E-state index is 0.0801. The van der Waals surface area contributed by atoms with Crippen LogP contribution < -0.4 is 0 Å². The molecule has 0 heterocycles. The second-order valence-electron chi connectivity index (χ2n) is 22.0. The molecule has 75 heavy (non-hydrogen) atoms. The van der Waals surface area contributed by atoms with Gasteiger partial charge in [0.05, 0.1) is 0 Å². The van der Waals surface area contributed by atoms with Crippen molar-refractivity contribution < 1.29 is 28.6 Å². The lowest BCUT2D eigenvalue weighted by Crippen LogP contribution is -2.30. The number of hydrogen-bond acceptors (Lipinski definition) is 6. The smallest absolute Gasteiger partial charge is 0.306 e. The summed E-state index contributed by atoms with van der Waals surface area (Å²) in [5, 5.41) is 0. The van der Waals surface area contributed by atoms with E-state index >= 15 is 0 Å². The molecule has 0 aliphatic carbocycles. The van der Waals surface area contributed by atoms with Gasteiger partial charge in [0.1, 0.15) is 13.2 Å². The predicted octanol–water partition coefficient (Wildman–Crippen LogP) is 22.3. The molecular formula is C69H124O6. The summed E-state index contributed by atoms with van der Waals surface area (Å²) >= 11 is 0.